The maximum atomic E-state index is 12.3. The van der Waals surface area contributed by atoms with Gasteiger partial charge in [0, 0.05) is 17.3 Å². The van der Waals surface area contributed by atoms with Gasteiger partial charge in [0.05, 0.1) is 0 Å². The highest BCUT2D eigenvalue weighted by atomic mass is 35.5. The van der Waals surface area contributed by atoms with Crippen LogP contribution in [-0.4, -0.2) is 18.4 Å². The Morgan fingerprint density at radius 3 is 2.40 bits per heavy atom. The van der Waals surface area contributed by atoms with Crippen molar-refractivity contribution in [3.8, 4) is 0 Å². The highest BCUT2D eigenvalue weighted by Gasteiger charge is 2.56. The summed E-state index contributed by atoms with van der Waals surface area (Å²) < 4.78 is 0. The van der Waals surface area contributed by atoms with E-state index in [9.17, 15) is 9.59 Å². The number of halogens is 1. The molecule has 1 fully saturated rings. The van der Waals surface area contributed by atoms with Gasteiger partial charge >= 0.3 is 0 Å². The van der Waals surface area contributed by atoms with Gasteiger partial charge in [-0.05, 0) is 43.5 Å². The molecule has 0 heterocycles. The first-order valence-electron chi connectivity index (χ1n) is 6.94. The van der Waals surface area contributed by atoms with Crippen molar-refractivity contribution >= 4 is 29.1 Å². The lowest BCUT2D eigenvalue weighted by Crippen LogP contribution is -2.40. The molecule has 0 spiro atoms. The molecule has 2 rings (SSSR count). The summed E-state index contributed by atoms with van der Waals surface area (Å²) in [5, 5.41) is 6.24. The highest BCUT2D eigenvalue weighted by Crippen LogP contribution is 2.46. The van der Waals surface area contributed by atoms with Crippen LogP contribution in [0.25, 0.3) is 0 Å². The molecule has 4 nitrogen and oxygen atoms in total. The van der Waals surface area contributed by atoms with Crippen LogP contribution in [0.15, 0.2) is 24.3 Å². The summed E-state index contributed by atoms with van der Waals surface area (Å²) in [6.07, 6.45) is 3.18. The number of nitrogens with one attached hydrogen (secondary N) is 2. The molecule has 0 radical (unpaired) electrons. The molecule has 108 valence electrons. The summed E-state index contributed by atoms with van der Waals surface area (Å²) in [4.78, 5) is 24.3. The lowest BCUT2D eigenvalue weighted by atomic mass is 10.0. The summed E-state index contributed by atoms with van der Waals surface area (Å²) in [5.41, 5.74) is -0.208. The van der Waals surface area contributed by atoms with E-state index in [1.54, 1.807) is 24.3 Å². The van der Waals surface area contributed by atoms with Crippen molar-refractivity contribution in [3.63, 3.8) is 0 Å². The number of anilines is 1. The molecule has 0 saturated heterocycles. The molecule has 5 heteroatoms. The van der Waals surface area contributed by atoms with E-state index >= 15 is 0 Å². The number of hydrogen-bond donors (Lipinski definition) is 2. The molecule has 2 N–H and O–H groups in total. The van der Waals surface area contributed by atoms with Crippen LogP contribution >= 0.6 is 11.6 Å². The van der Waals surface area contributed by atoms with Crippen LogP contribution < -0.4 is 10.6 Å². The van der Waals surface area contributed by atoms with Gasteiger partial charge in [0.1, 0.15) is 5.41 Å². The molecule has 2 amide bonds. The van der Waals surface area contributed by atoms with Crippen molar-refractivity contribution in [1.29, 1.82) is 0 Å². The van der Waals surface area contributed by atoms with E-state index in [1.165, 1.54) is 0 Å². The number of benzene rings is 1. The van der Waals surface area contributed by atoms with Crippen LogP contribution in [0.5, 0.6) is 0 Å². The Morgan fingerprint density at radius 2 is 1.85 bits per heavy atom. The zero-order valence-corrected chi connectivity index (χ0v) is 12.3. The number of unbranched alkanes of at least 4 members (excludes halogenated alkanes) is 1. The van der Waals surface area contributed by atoms with E-state index < -0.39 is 5.41 Å². The van der Waals surface area contributed by atoms with E-state index in [-0.39, 0.29) is 11.8 Å². The smallest absolute Gasteiger partial charge is 0.240 e. The summed E-state index contributed by atoms with van der Waals surface area (Å²) >= 11 is 5.80. The van der Waals surface area contributed by atoms with Crippen LogP contribution in [0.3, 0.4) is 0 Å². The minimum atomic E-state index is -0.868. The van der Waals surface area contributed by atoms with Gasteiger partial charge < -0.3 is 10.6 Å². The Morgan fingerprint density at radius 1 is 1.20 bits per heavy atom. The van der Waals surface area contributed by atoms with Crippen LogP contribution in [0.2, 0.25) is 5.02 Å². The van der Waals surface area contributed by atoms with E-state index in [0.29, 0.717) is 30.1 Å². The number of rotatable bonds is 6. The number of amides is 2. The normalized spacial score (nSPS) is 15.5. The topological polar surface area (TPSA) is 58.2 Å². The molecular weight excluding hydrogens is 276 g/mol. The maximum absolute atomic E-state index is 12.3. The fraction of sp³-hybridized carbons (Fsp3) is 0.467. The first-order valence-corrected chi connectivity index (χ1v) is 7.31. The van der Waals surface area contributed by atoms with Gasteiger partial charge in [0.15, 0.2) is 0 Å². The Balaban J connectivity index is 1.94. The van der Waals surface area contributed by atoms with Crippen molar-refractivity contribution in [2.24, 2.45) is 5.41 Å². The van der Waals surface area contributed by atoms with Gasteiger partial charge in [-0.25, -0.2) is 0 Å². The first kappa shape index (κ1) is 14.9. The Kier molecular flexibility index (Phi) is 4.65. The molecule has 1 aromatic carbocycles. The predicted octanol–water partition coefficient (Wildman–Crippen LogP) is 2.98. The van der Waals surface area contributed by atoms with Gasteiger partial charge in [0.25, 0.3) is 0 Å². The second-order valence-electron chi connectivity index (χ2n) is 5.15. The van der Waals surface area contributed by atoms with E-state index in [1.807, 2.05) is 0 Å². The van der Waals surface area contributed by atoms with Crippen molar-refractivity contribution < 1.29 is 9.59 Å². The lowest BCUT2D eigenvalue weighted by molar-refractivity contribution is -0.134. The van der Waals surface area contributed by atoms with Gasteiger partial charge in [0.2, 0.25) is 11.8 Å². The fourth-order valence-corrected chi connectivity index (χ4v) is 2.14. The molecule has 1 aliphatic rings. The molecule has 0 bridgehead atoms. The average molecular weight is 295 g/mol. The summed E-state index contributed by atoms with van der Waals surface area (Å²) in [6, 6.07) is 6.87. The molecule has 1 aliphatic carbocycles. The predicted molar refractivity (Wildman–Crippen MR) is 79.7 cm³/mol. The fourth-order valence-electron chi connectivity index (χ4n) is 2.01. The Hall–Kier alpha value is -1.55. The standard InChI is InChI=1S/C15H19ClN2O2/c1-2-3-10-17-13(19)15(8-9-15)14(20)18-12-6-4-11(16)5-7-12/h4-7H,2-3,8-10H2,1H3,(H,17,19)(H,18,20). The minimum absolute atomic E-state index is 0.155. The second-order valence-corrected chi connectivity index (χ2v) is 5.59. The average Bonchev–Trinajstić information content (AvgIpc) is 3.23. The molecule has 20 heavy (non-hydrogen) atoms. The second kappa shape index (κ2) is 6.27. The monoisotopic (exact) mass is 294 g/mol. The summed E-state index contributed by atoms with van der Waals surface area (Å²) in [5.74, 6) is -0.383. The molecule has 0 aliphatic heterocycles. The minimum Gasteiger partial charge on any atom is -0.355 e. The third-order valence-corrected chi connectivity index (χ3v) is 3.79. The van der Waals surface area contributed by atoms with Crippen LogP contribution in [0.4, 0.5) is 5.69 Å². The van der Waals surface area contributed by atoms with Gasteiger partial charge in [-0.15, -0.1) is 0 Å². The molecule has 1 aromatic rings. The third kappa shape index (κ3) is 3.31. The van der Waals surface area contributed by atoms with Gasteiger partial charge in [-0.1, -0.05) is 24.9 Å². The molecule has 1 saturated carbocycles. The Labute approximate surface area is 123 Å². The molecular formula is C15H19ClN2O2. The summed E-state index contributed by atoms with van der Waals surface area (Å²) in [7, 11) is 0. The molecule has 0 unspecified atom stereocenters. The van der Waals surface area contributed by atoms with Gasteiger partial charge in [-0.3, -0.25) is 9.59 Å². The molecule has 0 atom stereocenters. The lowest BCUT2D eigenvalue weighted by Gasteiger charge is -2.15. The largest absolute Gasteiger partial charge is 0.355 e. The van der Waals surface area contributed by atoms with E-state index in [0.717, 1.165) is 12.8 Å². The van der Waals surface area contributed by atoms with Gasteiger partial charge in [-0.2, -0.15) is 0 Å². The highest BCUT2D eigenvalue weighted by molar-refractivity contribution is 6.30. The van der Waals surface area contributed by atoms with E-state index in [2.05, 4.69) is 17.6 Å². The third-order valence-electron chi connectivity index (χ3n) is 3.54. The van der Waals surface area contributed by atoms with Crippen molar-refractivity contribution in [2.75, 3.05) is 11.9 Å². The van der Waals surface area contributed by atoms with Crippen molar-refractivity contribution in [2.45, 2.75) is 32.6 Å². The van der Waals surface area contributed by atoms with Crippen LogP contribution in [0.1, 0.15) is 32.6 Å². The number of hydrogen-bond acceptors (Lipinski definition) is 2. The number of carbonyl (C=O) groups excluding carboxylic acids is 2. The first-order chi connectivity index (χ1) is 9.58. The Bertz CT molecular complexity index is 495. The van der Waals surface area contributed by atoms with E-state index in [4.69, 9.17) is 11.6 Å². The summed E-state index contributed by atoms with van der Waals surface area (Å²) in [6.45, 7) is 2.69. The van der Waals surface area contributed by atoms with Crippen molar-refractivity contribution in [1.82, 2.24) is 5.32 Å². The van der Waals surface area contributed by atoms with Crippen LogP contribution in [-0.2, 0) is 9.59 Å². The van der Waals surface area contributed by atoms with Crippen LogP contribution in [0, 0.1) is 5.41 Å². The zero-order valence-electron chi connectivity index (χ0n) is 11.5. The quantitative estimate of drug-likeness (QED) is 0.626. The number of carbonyl (C=O) groups is 2. The van der Waals surface area contributed by atoms with Crippen molar-refractivity contribution in [3.05, 3.63) is 29.3 Å². The molecule has 0 aromatic heterocycles. The zero-order chi connectivity index (χ0) is 14.6. The maximum Gasteiger partial charge on any atom is 0.240 e. The SMILES string of the molecule is CCCCNC(=O)C1(C(=O)Nc2ccc(Cl)cc2)CC1.